The maximum atomic E-state index is 4.92. The summed E-state index contributed by atoms with van der Waals surface area (Å²) in [5, 5.41) is 0. The lowest BCUT2D eigenvalue weighted by Crippen LogP contribution is -2.21. The van der Waals surface area contributed by atoms with Gasteiger partial charge in [0.15, 0.2) is 0 Å². The summed E-state index contributed by atoms with van der Waals surface area (Å²) in [6, 6.07) is 0. The molecule has 0 saturated carbocycles. The minimum Gasteiger partial charge on any atom is -0.403 e. The van der Waals surface area contributed by atoms with Crippen molar-refractivity contribution in [2.45, 2.75) is 19.6 Å². The topological polar surface area (TPSA) is 18.5 Å². The van der Waals surface area contributed by atoms with Gasteiger partial charge >= 0.3 is 7.12 Å². The van der Waals surface area contributed by atoms with Crippen LogP contribution < -0.4 is 0 Å². The molecule has 0 fully saturated rings. The van der Waals surface area contributed by atoms with Crippen molar-refractivity contribution in [1.82, 2.24) is 0 Å². The minimum absolute atomic E-state index is 0.360. The normalized spacial score (nSPS) is 10.3. The largest absolute Gasteiger partial charge is 0.549 e. The smallest absolute Gasteiger partial charge is 0.403 e. The zero-order chi connectivity index (χ0) is 8.91. The Morgan fingerprint density at radius 2 is 1.55 bits per heavy atom. The predicted octanol–water partition coefficient (Wildman–Crippen LogP) is 1.19. The Bertz CT molecular complexity index is 162. The first-order valence-corrected chi connectivity index (χ1v) is 7.08. The minimum atomic E-state index is -1.27. The molecule has 0 aromatic heterocycles. The van der Waals surface area contributed by atoms with Gasteiger partial charge in [-0.3, -0.25) is 0 Å². The maximum absolute atomic E-state index is 4.92. The van der Waals surface area contributed by atoms with Crippen molar-refractivity contribution in [3.8, 4) is 11.4 Å². The predicted molar refractivity (Wildman–Crippen MR) is 50.9 cm³/mol. The zero-order valence-electron chi connectivity index (χ0n) is 7.89. The molecular weight excluding hydrogens is 155 g/mol. The fourth-order valence-electron chi connectivity index (χ4n) is 0.490. The highest BCUT2D eigenvalue weighted by Crippen LogP contribution is 1.96. The molecule has 0 aliphatic heterocycles. The van der Waals surface area contributed by atoms with Crippen LogP contribution in [0.5, 0.6) is 0 Å². The molecule has 0 bridgehead atoms. The monoisotopic (exact) mass is 170 g/mol. The average molecular weight is 170 g/mol. The van der Waals surface area contributed by atoms with E-state index >= 15 is 0 Å². The molecule has 0 N–H and O–H groups in total. The molecule has 0 rings (SSSR count). The second-order valence-electron chi connectivity index (χ2n) is 3.32. The lowest BCUT2D eigenvalue weighted by atomic mass is 9.93. The fraction of sp³-hybridized carbons (Fsp3) is 0.714. The number of hydrogen-bond acceptors (Lipinski definition) is 2. The fourth-order valence-corrected chi connectivity index (χ4v) is 1.04. The van der Waals surface area contributed by atoms with E-state index in [1.54, 1.807) is 14.2 Å². The van der Waals surface area contributed by atoms with Gasteiger partial charge in [0.2, 0.25) is 0 Å². The third kappa shape index (κ3) is 6.17. The van der Waals surface area contributed by atoms with Gasteiger partial charge in [0.1, 0.15) is 8.07 Å². The summed E-state index contributed by atoms with van der Waals surface area (Å²) in [6.45, 7) is 6.55. The van der Waals surface area contributed by atoms with Crippen molar-refractivity contribution in [2.24, 2.45) is 0 Å². The second-order valence-corrected chi connectivity index (χ2v) is 8.07. The van der Waals surface area contributed by atoms with Gasteiger partial charge in [-0.25, -0.2) is 0 Å². The summed E-state index contributed by atoms with van der Waals surface area (Å²) in [5.41, 5.74) is 3.16. The van der Waals surface area contributed by atoms with E-state index in [0.717, 1.165) is 0 Å². The van der Waals surface area contributed by atoms with E-state index in [1.165, 1.54) is 0 Å². The van der Waals surface area contributed by atoms with E-state index in [1.807, 2.05) is 0 Å². The van der Waals surface area contributed by atoms with Crippen molar-refractivity contribution in [1.29, 1.82) is 0 Å². The first-order valence-electron chi connectivity index (χ1n) is 3.58. The van der Waals surface area contributed by atoms with Crippen LogP contribution in [0.25, 0.3) is 0 Å². The van der Waals surface area contributed by atoms with Crippen molar-refractivity contribution in [3.05, 3.63) is 0 Å². The van der Waals surface area contributed by atoms with E-state index in [0.29, 0.717) is 0 Å². The molecule has 4 heteroatoms. The maximum Gasteiger partial charge on any atom is 0.549 e. The van der Waals surface area contributed by atoms with E-state index in [-0.39, 0.29) is 7.12 Å². The average Bonchev–Trinajstić information content (AvgIpc) is 1.88. The van der Waals surface area contributed by atoms with Gasteiger partial charge in [0.05, 0.1) is 0 Å². The summed E-state index contributed by atoms with van der Waals surface area (Å²) >= 11 is 0. The Morgan fingerprint density at radius 1 is 1.09 bits per heavy atom. The lowest BCUT2D eigenvalue weighted by Gasteiger charge is -2.05. The van der Waals surface area contributed by atoms with Crippen LogP contribution in [0, 0.1) is 11.4 Å². The van der Waals surface area contributed by atoms with Crippen LogP contribution >= 0.6 is 0 Å². The van der Waals surface area contributed by atoms with E-state index in [4.69, 9.17) is 9.31 Å². The number of rotatable bonds is 2. The van der Waals surface area contributed by atoms with Gasteiger partial charge in [0, 0.05) is 14.2 Å². The molecule has 62 valence electrons. The van der Waals surface area contributed by atoms with E-state index in [9.17, 15) is 0 Å². The van der Waals surface area contributed by atoms with E-state index in [2.05, 4.69) is 31.0 Å². The summed E-state index contributed by atoms with van der Waals surface area (Å²) in [6.07, 6.45) is 0. The van der Waals surface area contributed by atoms with Crippen LogP contribution in [0.3, 0.4) is 0 Å². The Morgan fingerprint density at radius 3 is 1.82 bits per heavy atom. The molecule has 0 heterocycles. The van der Waals surface area contributed by atoms with E-state index < -0.39 is 8.07 Å². The molecule has 0 spiro atoms. The Kier molecular flexibility index (Phi) is 4.50. The highest BCUT2D eigenvalue weighted by Gasteiger charge is 2.13. The van der Waals surface area contributed by atoms with Crippen LogP contribution in [0.1, 0.15) is 0 Å². The van der Waals surface area contributed by atoms with Gasteiger partial charge in [-0.15, -0.1) is 5.54 Å². The SMILES string of the molecule is COB(C#C[Si](C)(C)C)OC. The van der Waals surface area contributed by atoms with Gasteiger partial charge in [-0.05, 0) is 0 Å². The molecule has 0 amide bonds. The highest BCUT2D eigenvalue weighted by molar-refractivity contribution is 6.84. The summed E-state index contributed by atoms with van der Waals surface area (Å²) < 4.78 is 9.84. The molecule has 0 unspecified atom stereocenters. The summed E-state index contributed by atoms with van der Waals surface area (Å²) in [7, 11) is 1.55. The molecule has 0 aromatic rings. The summed E-state index contributed by atoms with van der Waals surface area (Å²) in [4.78, 5) is 0. The lowest BCUT2D eigenvalue weighted by molar-refractivity contribution is 0.293. The van der Waals surface area contributed by atoms with Gasteiger partial charge in [0.25, 0.3) is 0 Å². The quantitative estimate of drug-likeness (QED) is 0.457. The second kappa shape index (κ2) is 4.60. The third-order valence-electron chi connectivity index (χ3n) is 0.993. The van der Waals surface area contributed by atoms with Crippen LogP contribution in [0.15, 0.2) is 0 Å². The molecule has 0 radical (unpaired) electrons. The molecule has 0 saturated heterocycles. The summed E-state index contributed by atoms with van der Waals surface area (Å²) in [5.74, 6) is 2.93. The van der Waals surface area contributed by atoms with Crippen LogP contribution in [-0.4, -0.2) is 29.4 Å². The molecule has 11 heavy (non-hydrogen) atoms. The molecule has 0 aliphatic carbocycles. The zero-order valence-corrected chi connectivity index (χ0v) is 8.89. The van der Waals surface area contributed by atoms with Crippen molar-refractivity contribution >= 4 is 15.2 Å². The first kappa shape index (κ1) is 10.8. The molecule has 0 aliphatic rings. The third-order valence-corrected chi connectivity index (χ3v) is 1.89. The highest BCUT2D eigenvalue weighted by atomic mass is 28.3. The Balaban J connectivity index is 4.04. The number of hydrogen-bond donors (Lipinski definition) is 0. The standard InChI is InChI=1S/C7H15BO2Si/c1-9-8(10-2)6-7-11(3,4)5/h1-5H3. The van der Waals surface area contributed by atoms with Crippen LogP contribution in [-0.2, 0) is 9.31 Å². The van der Waals surface area contributed by atoms with Gasteiger partial charge < -0.3 is 9.31 Å². The molecule has 0 atom stereocenters. The molecule has 2 nitrogen and oxygen atoms in total. The van der Waals surface area contributed by atoms with Gasteiger partial charge in [-0.1, -0.05) is 25.5 Å². The molecular formula is C7H15BO2Si. The van der Waals surface area contributed by atoms with Crippen LogP contribution in [0.2, 0.25) is 19.6 Å². The Hall–Kier alpha value is -0.238. The molecule has 0 aromatic carbocycles. The van der Waals surface area contributed by atoms with Crippen molar-refractivity contribution in [2.75, 3.05) is 14.2 Å². The Labute approximate surface area is 70.4 Å². The van der Waals surface area contributed by atoms with Crippen molar-refractivity contribution in [3.63, 3.8) is 0 Å². The van der Waals surface area contributed by atoms with Crippen LogP contribution in [0.4, 0.5) is 0 Å². The van der Waals surface area contributed by atoms with Crippen molar-refractivity contribution < 1.29 is 9.31 Å². The first-order chi connectivity index (χ1) is 4.99. The van der Waals surface area contributed by atoms with Gasteiger partial charge in [-0.2, -0.15) is 0 Å².